The van der Waals surface area contributed by atoms with E-state index >= 15 is 0 Å². The molecule has 0 bridgehead atoms. The number of halogens is 1. The van der Waals surface area contributed by atoms with Gasteiger partial charge in [0.15, 0.2) is 0 Å². The van der Waals surface area contributed by atoms with Gasteiger partial charge < -0.3 is 5.32 Å². The van der Waals surface area contributed by atoms with Gasteiger partial charge in [-0.3, -0.25) is 4.79 Å². The molecule has 0 unspecified atom stereocenters. The van der Waals surface area contributed by atoms with Crippen LogP contribution in [0.5, 0.6) is 0 Å². The average molecular weight is 248 g/mol. The van der Waals surface area contributed by atoms with Gasteiger partial charge in [-0.2, -0.15) is 0 Å². The number of rotatable bonds is 4. The lowest BCUT2D eigenvalue weighted by Gasteiger charge is -2.07. The minimum Gasteiger partial charge on any atom is -0.352 e. The first-order valence-electron chi connectivity index (χ1n) is 5.60. The van der Waals surface area contributed by atoms with Gasteiger partial charge in [-0.1, -0.05) is 42.5 Å². The third-order valence-corrected chi connectivity index (χ3v) is 2.87. The Balaban J connectivity index is 2.16. The largest absolute Gasteiger partial charge is 0.352 e. The highest BCUT2D eigenvalue weighted by molar-refractivity contribution is 6.18. The number of hydrogen-bond acceptors (Lipinski definition) is 1. The summed E-state index contributed by atoms with van der Waals surface area (Å²) in [4.78, 5) is 11.4. The van der Waals surface area contributed by atoms with Gasteiger partial charge >= 0.3 is 0 Å². The van der Waals surface area contributed by atoms with Crippen LogP contribution in [0.25, 0.3) is 10.8 Å². The summed E-state index contributed by atoms with van der Waals surface area (Å²) in [6, 6.07) is 14.3. The third-order valence-electron chi connectivity index (χ3n) is 2.68. The van der Waals surface area contributed by atoms with Gasteiger partial charge in [0.25, 0.3) is 0 Å². The molecular formula is C14H14ClNO. The fraction of sp³-hybridized carbons (Fsp3) is 0.214. The van der Waals surface area contributed by atoms with E-state index in [0.717, 1.165) is 5.56 Å². The summed E-state index contributed by atoms with van der Waals surface area (Å²) in [5.74, 6) is 0.356. The number of benzene rings is 2. The highest BCUT2D eigenvalue weighted by Crippen LogP contribution is 2.18. The van der Waals surface area contributed by atoms with Crippen molar-refractivity contribution >= 4 is 28.3 Å². The minimum atomic E-state index is -0.00654. The van der Waals surface area contributed by atoms with E-state index in [2.05, 4.69) is 23.5 Å². The van der Waals surface area contributed by atoms with Crippen molar-refractivity contribution in [3.63, 3.8) is 0 Å². The molecule has 2 rings (SSSR count). The number of alkyl halides is 1. The van der Waals surface area contributed by atoms with Crippen LogP contribution in [-0.2, 0) is 11.3 Å². The molecule has 88 valence electrons. The van der Waals surface area contributed by atoms with Gasteiger partial charge in [0.05, 0.1) is 0 Å². The van der Waals surface area contributed by atoms with Crippen molar-refractivity contribution in [2.45, 2.75) is 13.0 Å². The molecule has 0 aliphatic carbocycles. The maximum Gasteiger partial charge on any atom is 0.221 e. The normalized spacial score (nSPS) is 10.4. The highest BCUT2D eigenvalue weighted by Gasteiger charge is 2.02. The molecule has 0 radical (unpaired) electrons. The molecule has 2 nitrogen and oxygen atoms in total. The lowest BCUT2D eigenvalue weighted by molar-refractivity contribution is -0.120. The summed E-state index contributed by atoms with van der Waals surface area (Å²) in [7, 11) is 0. The zero-order valence-corrected chi connectivity index (χ0v) is 10.2. The lowest BCUT2D eigenvalue weighted by atomic mass is 10.0. The van der Waals surface area contributed by atoms with Crippen LogP contribution in [0.15, 0.2) is 42.5 Å². The molecule has 3 heteroatoms. The zero-order chi connectivity index (χ0) is 12.1. The van der Waals surface area contributed by atoms with Crippen molar-refractivity contribution in [2.75, 3.05) is 5.88 Å². The molecule has 2 aromatic carbocycles. The smallest absolute Gasteiger partial charge is 0.221 e. The molecule has 0 atom stereocenters. The molecule has 1 amide bonds. The van der Waals surface area contributed by atoms with Crippen LogP contribution in [0.3, 0.4) is 0 Å². The first-order chi connectivity index (χ1) is 8.31. The summed E-state index contributed by atoms with van der Waals surface area (Å²) in [5.41, 5.74) is 1.13. The van der Waals surface area contributed by atoms with Crippen molar-refractivity contribution in [1.82, 2.24) is 5.32 Å². The van der Waals surface area contributed by atoms with E-state index in [9.17, 15) is 4.79 Å². The molecule has 17 heavy (non-hydrogen) atoms. The maximum atomic E-state index is 11.4. The third kappa shape index (κ3) is 2.98. The van der Waals surface area contributed by atoms with Crippen LogP contribution in [0, 0.1) is 0 Å². The van der Waals surface area contributed by atoms with Gasteiger partial charge in [0.2, 0.25) is 5.91 Å². The van der Waals surface area contributed by atoms with Crippen molar-refractivity contribution in [3.05, 3.63) is 48.0 Å². The highest BCUT2D eigenvalue weighted by atomic mass is 35.5. The zero-order valence-electron chi connectivity index (χ0n) is 9.45. The van der Waals surface area contributed by atoms with Gasteiger partial charge in [-0.05, 0) is 16.3 Å². The number of hydrogen-bond donors (Lipinski definition) is 1. The van der Waals surface area contributed by atoms with Gasteiger partial charge in [0, 0.05) is 18.8 Å². The molecule has 0 saturated heterocycles. The summed E-state index contributed by atoms with van der Waals surface area (Å²) in [6.45, 7) is 0.553. The Morgan fingerprint density at radius 3 is 2.71 bits per heavy atom. The van der Waals surface area contributed by atoms with E-state index in [-0.39, 0.29) is 5.91 Å². The van der Waals surface area contributed by atoms with Crippen molar-refractivity contribution in [1.29, 1.82) is 0 Å². The van der Waals surface area contributed by atoms with Crippen LogP contribution in [0.2, 0.25) is 0 Å². The molecule has 2 aromatic rings. The molecule has 0 spiro atoms. The van der Waals surface area contributed by atoms with Crippen LogP contribution in [0.4, 0.5) is 0 Å². The van der Waals surface area contributed by atoms with Crippen LogP contribution in [-0.4, -0.2) is 11.8 Å². The predicted octanol–water partition coefficient (Wildman–Crippen LogP) is 3.08. The number of carbonyl (C=O) groups excluding carboxylic acids is 1. The topological polar surface area (TPSA) is 29.1 Å². The molecule has 0 fully saturated rings. The Morgan fingerprint density at radius 1 is 1.12 bits per heavy atom. The van der Waals surface area contributed by atoms with E-state index < -0.39 is 0 Å². The standard InChI is InChI=1S/C14H14ClNO/c15-9-8-14(17)16-10-12-6-3-5-11-4-1-2-7-13(11)12/h1-7H,8-10H2,(H,16,17). The van der Waals surface area contributed by atoms with E-state index in [4.69, 9.17) is 11.6 Å². The Morgan fingerprint density at radius 2 is 1.88 bits per heavy atom. The first-order valence-corrected chi connectivity index (χ1v) is 6.14. The fourth-order valence-electron chi connectivity index (χ4n) is 1.81. The first kappa shape index (κ1) is 11.9. The number of amides is 1. The van der Waals surface area contributed by atoms with Gasteiger partial charge in [0.1, 0.15) is 0 Å². The summed E-state index contributed by atoms with van der Waals surface area (Å²) in [6.07, 6.45) is 0.367. The molecule has 0 saturated carbocycles. The summed E-state index contributed by atoms with van der Waals surface area (Å²) < 4.78 is 0. The predicted molar refractivity (Wildman–Crippen MR) is 71.1 cm³/mol. The molecule has 1 N–H and O–H groups in total. The van der Waals surface area contributed by atoms with E-state index in [1.165, 1.54) is 10.8 Å². The van der Waals surface area contributed by atoms with Crippen molar-refractivity contribution in [2.24, 2.45) is 0 Å². The maximum absolute atomic E-state index is 11.4. The van der Waals surface area contributed by atoms with Crippen LogP contribution in [0.1, 0.15) is 12.0 Å². The second kappa shape index (κ2) is 5.69. The number of fused-ring (bicyclic) bond motifs is 1. The van der Waals surface area contributed by atoms with Gasteiger partial charge in [-0.25, -0.2) is 0 Å². The Labute approximate surface area is 106 Å². The molecular weight excluding hydrogens is 234 g/mol. The fourth-order valence-corrected chi connectivity index (χ4v) is 1.99. The van der Waals surface area contributed by atoms with Gasteiger partial charge in [-0.15, -0.1) is 11.6 Å². The van der Waals surface area contributed by atoms with E-state index in [1.807, 2.05) is 24.3 Å². The second-order valence-electron chi connectivity index (χ2n) is 3.85. The summed E-state index contributed by atoms with van der Waals surface area (Å²) in [5, 5.41) is 5.24. The lowest BCUT2D eigenvalue weighted by Crippen LogP contribution is -2.22. The SMILES string of the molecule is O=C(CCCl)NCc1cccc2ccccc12. The minimum absolute atomic E-state index is 0.00654. The van der Waals surface area contributed by atoms with E-state index in [1.54, 1.807) is 0 Å². The summed E-state index contributed by atoms with van der Waals surface area (Å²) >= 11 is 5.51. The number of nitrogens with one attached hydrogen (secondary N) is 1. The second-order valence-corrected chi connectivity index (χ2v) is 4.23. The monoisotopic (exact) mass is 247 g/mol. The Bertz CT molecular complexity index is 519. The Kier molecular flexibility index (Phi) is 3.99. The quantitative estimate of drug-likeness (QED) is 0.827. The van der Waals surface area contributed by atoms with Crippen LogP contribution >= 0.6 is 11.6 Å². The number of carbonyl (C=O) groups is 1. The van der Waals surface area contributed by atoms with Crippen LogP contribution < -0.4 is 5.32 Å². The molecule has 0 aliphatic rings. The molecule has 0 heterocycles. The Hall–Kier alpha value is -1.54. The molecule has 0 aliphatic heterocycles. The molecule has 0 aromatic heterocycles. The van der Waals surface area contributed by atoms with E-state index in [0.29, 0.717) is 18.8 Å². The average Bonchev–Trinajstić information content (AvgIpc) is 2.36. The van der Waals surface area contributed by atoms with Crippen molar-refractivity contribution in [3.8, 4) is 0 Å². The van der Waals surface area contributed by atoms with Crippen molar-refractivity contribution < 1.29 is 4.79 Å².